The molecule has 0 saturated carbocycles. The van der Waals surface area contributed by atoms with Crippen molar-refractivity contribution >= 4 is 10.9 Å². The highest BCUT2D eigenvalue weighted by atomic mass is 15.3. The summed E-state index contributed by atoms with van der Waals surface area (Å²) in [5, 5.41) is 5.91. The van der Waals surface area contributed by atoms with Crippen LogP contribution in [0.15, 0.2) is 48.5 Å². The molecular formula is C18H21N3. The summed E-state index contributed by atoms with van der Waals surface area (Å²) < 4.78 is 1.95. The zero-order valence-electron chi connectivity index (χ0n) is 12.6. The van der Waals surface area contributed by atoms with E-state index in [1.54, 1.807) is 0 Å². The van der Waals surface area contributed by atoms with Gasteiger partial charge in [0, 0.05) is 24.8 Å². The molecule has 108 valence electrons. The number of aryl methyl sites for hydroxylation is 2. The van der Waals surface area contributed by atoms with Crippen molar-refractivity contribution in [1.82, 2.24) is 9.78 Å². The van der Waals surface area contributed by atoms with E-state index < -0.39 is 0 Å². The van der Waals surface area contributed by atoms with Crippen molar-refractivity contribution < 1.29 is 0 Å². The van der Waals surface area contributed by atoms with Crippen LogP contribution in [-0.2, 0) is 13.5 Å². The Kier molecular flexibility index (Phi) is 3.76. The molecule has 2 aromatic carbocycles. The molecule has 0 bridgehead atoms. The predicted molar refractivity (Wildman–Crippen MR) is 87.4 cm³/mol. The van der Waals surface area contributed by atoms with E-state index in [0.29, 0.717) is 12.5 Å². The van der Waals surface area contributed by atoms with Crippen LogP contribution in [0.5, 0.6) is 0 Å². The van der Waals surface area contributed by atoms with Gasteiger partial charge in [0.15, 0.2) is 0 Å². The lowest BCUT2D eigenvalue weighted by atomic mass is 9.92. The van der Waals surface area contributed by atoms with E-state index in [1.165, 1.54) is 22.0 Å². The minimum absolute atomic E-state index is 0.309. The molecule has 1 heterocycles. The molecule has 2 N–H and O–H groups in total. The van der Waals surface area contributed by atoms with E-state index in [1.807, 2.05) is 11.7 Å². The normalized spacial score (nSPS) is 12.7. The van der Waals surface area contributed by atoms with Gasteiger partial charge in [0.1, 0.15) is 0 Å². The second kappa shape index (κ2) is 5.70. The SMILES string of the molecule is Cc1cccc(C(CN)Cc2nn(C)c3ccccc23)c1. The third-order valence-electron chi connectivity index (χ3n) is 4.07. The van der Waals surface area contributed by atoms with Crippen LogP contribution in [0.25, 0.3) is 10.9 Å². The minimum Gasteiger partial charge on any atom is -0.330 e. The lowest BCUT2D eigenvalue weighted by Crippen LogP contribution is -2.15. The first-order valence-corrected chi connectivity index (χ1v) is 7.36. The maximum atomic E-state index is 6.02. The van der Waals surface area contributed by atoms with Gasteiger partial charge < -0.3 is 5.73 Å². The van der Waals surface area contributed by atoms with Gasteiger partial charge in [-0.2, -0.15) is 5.10 Å². The Hall–Kier alpha value is -2.13. The van der Waals surface area contributed by atoms with Crippen molar-refractivity contribution in [2.24, 2.45) is 12.8 Å². The number of benzene rings is 2. The van der Waals surface area contributed by atoms with Crippen LogP contribution in [0.4, 0.5) is 0 Å². The van der Waals surface area contributed by atoms with Gasteiger partial charge in [-0.15, -0.1) is 0 Å². The standard InChI is InChI=1S/C18H21N3/c1-13-6-5-7-14(10-13)15(12-19)11-17-16-8-3-4-9-18(16)21(2)20-17/h3-10,15H,11-12,19H2,1-2H3. The summed E-state index contributed by atoms with van der Waals surface area (Å²) in [6.45, 7) is 2.75. The van der Waals surface area contributed by atoms with Gasteiger partial charge in [-0.25, -0.2) is 0 Å². The van der Waals surface area contributed by atoms with Crippen molar-refractivity contribution in [3.8, 4) is 0 Å². The fourth-order valence-electron chi connectivity index (χ4n) is 2.93. The summed E-state index contributed by atoms with van der Waals surface area (Å²) in [5.74, 6) is 0.309. The molecule has 0 saturated heterocycles. The Bertz CT molecular complexity index is 758. The molecule has 0 aliphatic rings. The zero-order valence-corrected chi connectivity index (χ0v) is 12.6. The summed E-state index contributed by atoms with van der Waals surface area (Å²) in [4.78, 5) is 0. The third-order valence-corrected chi connectivity index (χ3v) is 4.07. The van der Waals surface area contributed by atoms with Crippen LogP contribution in [0.1, 0.15) is 22.7 Å². The fraction of sp³-hybridized carbons (Fsp3) is 0.278. The third kappa shape index (κ3) is 2.69. The number of rotatable bonds is 4. The molecule has 3 aromatic rings. The van der Waals surface area contributed by atoms with Crippen LogP contribution < -0.4 is 5.73 Å². The predicted octanol–water partition coefficient (Wildman–Crippen LogP) is 3.17. The van der Waals surface area contributed by atoms with Crippen LogP contribution in [0.3, 0.4) is 0 Å². The van der Waals surface area contributed by atoms with Gasteiger partial charge >= 0.3 is 0 Å². The molecule has 1 atom stereocenters. The monoisotopic (exact) mass is 279 g/mol. The maximum absolute atomic E-state index is 6.02. The molecule has 3 rings (SSSR count). The second-order valence-electron chi connectivity index (χ2n) is 5.64. The van der Waals surface area contributed by atoms with E-state index in [4.69, 9.17) is 5.73 Å². The molecule has 3 nitrogen and oxygen atoms in total. The van der Waals surface area contributed by atoms with E-state index in [2.05, 4.69) is 60.6 Å². The van der Waals surface area contributed by atoms with Gasteiger partial charge in [-0.1, -0.05) is 48.0 Å². The topological polar surface area (TPSA) is 43.8 Å². The summed E-state index contributed by atoms with van der Waals surface area (Å²) in [7, 11) is 2.00. The number of hydrogen-bond donors (Lipinski definition) is 1. The molecule has 0 amide bonds. The van der Waals surface area contributed by atoms with Gasteiger partial charge in [-0.05, 0) is 25.1 Å². The molecule has 1 aromatic heterocycles. The lowest BCUT2D eigenvalue weighted by Gasteiger charge is -2.14. The number of hydrogen-bond acceptors (Lipinski definition) is 2. The molecule has 0 spiro atoms. The number of fused-ring (bicyclic) bond motifs is 1. The molecule has 3 heteroatoms. The van der Waals surface area contributed by atoms with Crippen molar-refractivity contribution in [2.45, 2.75) is 19.3 Å². The highest BCUT2D eigenvalue weighted by Crippen LogP contribution is 2.25. The van der Waals surface area contributed by atoms with Crippen molar-refractivity contribution in [3.63, 3.8) is 0 Å². The van der Waals surface area contributed by atoms with Crippen LogP contribution in [0, 0.1) is 6.92 Å². The first kappa shape index (κ1) is 13.8. The molecule has 21 heavy (non-hydrogen) atoms. The highest BCUT2D eigenvalue weighted by Gasteiger charge is 2.15. The van der Waals surface area contributed by atoms with Gasteiger partial charge in [-0.3, -0.25) is 4.68 Å². The van der Waals surface area contributed by atoms with Crippen LogP contribution in [0.2, 0.25) is 0 Å². The van der Waals surface area contributed by atoms with Crippen molar-refractivity contribution in [2.75, 3.05) is 6.54 Å². The number of para-hydroxylation sites is 1. The second-order valence-corrected chi connectivity index (χ2v) is 5.64. The molecule has 0 aliphatic carbocycles. The van der Waals surface area contributed by atoms with E-state index in [9.17, 15) is 0 Å². The molecule has 1 unspecified atom stereocenters. The van der Waals surface area contributed by atoms with E-state index in [-0.39, 0.29) is 0 Å². The van der Waals surface area contributed by atoms with Crippen LogP contribution >= 0.6 is 0 Å². The Labute approximate surface area is 125 Å². The summed E-state index contributed by atoms with van der Waals surface area (Å²) in [6, 6.07) is 17.0. The summed E-state index contributed by atoms with van der Waals surface area (Å²) >= 11 is 0. The Morgan fingerprint density at radius 1 is 1.14 bits per heavy atom. The summed E-state index contributed by atoms with van der Waals surface area (Å²) in [5.41, 5.74) is 10.9. The Balaban J connectivity index is 1.96. The Morgan fingerprint density at radius 2 is 1.95 bits per heavy atom. The zero-order chi connectivity index (χ0) is 14.8. The molecular weight excluding hydrogens is 258 g/mol. The average Bonchev–Trinajstić information content (AvgIpc) is 2.82. The van der Waals surface area contributed by atoms with Crippen molar-refractivity contribution in [1.29, 1.82) is 0 Å². The number of nitrogens with zero attached hydrogens (tertiary/aromatic N) is 2. The van der Waals surface area contributed by atoms with Gasteiger partial charge in [0.2, 0.25) is 0 Å². The number of aromatic nitrogens is 2. The average molecular weight is 279 g/mol. The minimum atomic E-state index is 0.309. The smallest absolute Gasteiger partial charge is 0.0709 e. The Morgan fingerprint density at radius 3 is 2.71 bits per heavy atom. The largest absolute Gasteiger partial charge is 0.330 e. The van der Waals surface area contributed by atoms with Gasteiger partial charge in [0.25, 0.3) is 0 Å². The first-order chi connectivity index (χ1) is 10.2. The van der Waals surface area contributed by atoms with E-state index in [0.717, 1.165) is 12.1 Å². The molecule has 0 fully saturated rings. The van der Waals surface area contributed by atoms with E-state index >= 15 is 0 Å². The molecule has 0 radical (unpaired) electrons. The quantitative estimate of drug-likeness (QED) is 0.797. The lowest BCUT2D eigenvalue weighted by molar-refractivity contribution is 0.664. The highest BCUT2D eigenvalue weighted by molar-refractivity contribution is 5.81. The maximum Gasteiger partial charge on any atom is 0.0709 e. The summed E-state index contributed by atoms with van der Waals surface area (Å²) in [6.07, 6.45) is 0.876. The van der Waals surface area contributed by atoms with Crippen molar-refractivity contribution in [3.05, 3.63) is 65.4 Å². The van der Waals surface area contributed by atoms with Crippen LogP contribution in [-0.4, -0.2) is 16.3 Å². The molecule has 0 aliphatic heterocycles. The number of nitrogens with two attached hydrogens (primary N) is 1. The first-order valence-electron chi connectivity index (χ1n) is 7.36. The fourth-order valence-corrected chi connectivity index (χ4v) is 2.93. The van der Waals surface area contributed by atoms with Gasteiger partial charge in [0.05, 0.1) is 11.2 Å².